The summed E-state index contributed by atoms with van der Waals surface area (Å²) in [6.07, 6.45) is 3.83. The van der Waals surface area contributed by atoms with Gasteiger partial charge in [-0.1, -0.05) is 84.9 Å². The van der Waals surface area contributed by atoms with E-state index >= 15 is 0 Å². The lowest BCUT2D eigenvalue weighted by molar-refractivity contribution is -0.137. The van der Waals surface area contributed by atoms with Gasteiger partial charge in [0.25, 0.3) is 0 Å². The third-order valence-electron chi connectivity index (χ3n) is 5.41. The SMILES string of the molecule is Cc1ccccc1Oc1cc(/C=C\C(=O)OCCc2ccccc2)ccc1OCc1ccccc1. The van der Waals surface area contributed by atoms with E-state index in [9.17, 15) is 4.79 Å². The number of hydrogen-bond acceptors (Lipinski definition) is 4. The highest BCUT2D eigenvalue weighted by Gasteiger charge is 2.10. The Kier molecular flexibility index (Phi) is 8.33. The lowest BCUT2D eigenvalue weighted by atomic mass is 10.1. The first-order valence-electron chi connectivity index (χ1n) is 11.6. The lowest BCUT2D eigenvalue weighted by Crippen LogP contribution is -2.04. The van der Waals surface area contributed by atoms with E-state index in [1.807, 2.05) is 110 Å². The second-order valence-electron chi connectivity index (χ2n) is 8.08. The first-order valence-corrected chi connectivity index (χ1v) is 11.6. The molecule has 0 saturated carbocycles. The molecule has 0 aliphatic carbocycles. The van der Waals surface area contributed by atoms with Crippen molar-refractivity contribution in [3.63, 3.8) is 0 Å². The first-order chi connectivity index (χ1) is 17.2. The molecule has 4 nitrogen and oxygen atoms in total. The molecule has 0 saturated heterocycles. The average molecular weight is 465 g/mol. The molecule has 176 valence electrons. The van der Waals surface area contributed by atoms with Crippen LogP contribution < -0.4 is 9.47 Å². The molecule has 35 heavy (non-hydrogen) atoms. The molecule has 0 amide bonds. The maximum atomic E-state index is 12.2. The van der Waals surface area contributed by atoms with Gasteiger partial charge in [-0.25, -0.2) is 4.79 Å². The van der Waals surface area contributed by atoms with E-state index in [-0.39, 0.29) is 5.97 Å². The van der Waals surface area contributed by atoms with Gasteiger partial charge in [-0.15, -0.1) is 0 Å². The fourth-order valence-corrected chi connectivity index (χ4v) is 3.48. The maximum absolute atomic E-state index is 12.2. The fraction of sp³-hybridized carbons (Fsp3) is 0.129. The van der Waals surface area contributed by atoms with Crippen LogP contribution in [-0.2, 0) is 22.6 Å². The zero-order chi connectivity index (χ0) is 24.3. The molecule has 0 unspecified atom stereocenters. The van der Waals surface area contributed by atoms with Crippen molar-refractivity contribution in [2.45, 2.75) is 20.0 Å². The van der Waals surface area contributed by atoms with Crippen LogP contribution in [-0.4, -0.2) is 12.6 Å². The standard InChI is InChI=1S/C31H28O4/c1-24-10-8-9-15-28(24)35-30-22-26(16-18-29(30)34-23-27-13-6-3-7-14-27)17-19-31(32)33-21-20-25-11-4-2-5-12-25/h2-19,22H,20-21,23H2,1H3/b19-17-. The van der Waals surface area contributed by atoms with E-state index in [0.29, 0.717) is 31.1 Å². The number of ether oxygens (including phenoxy) is 3. The van der Waals surface area contributed by atoms with Gasteiger partial charge >= 0.3 is 5.97 Å². The Hall–Kier alpha value is -4.31. The summed E-state index contributed by atoms with van der Waals surface area (Å²) < 4.78 is 17.6. The molecule has 0 N–H and O–H groups in total. The number of carbonyl (C=O) groups is 1. The molecular weight excluding hydrogens is 436 g/mol. The Morgan fingerprint density at radius 3 is 2.17 bits per heavy atom. The van der Waals surface area contributed by atoms with Gasteiger partial charge in [-0.05, 0) is 53.5 Å². The van der Waals surface area contributed by atoms with Crippen LogP contribution in [0.15, 0.2) is 109 Å². The number of hydrogen-bond donors (Lipinski definition) is 0. The summed E-state index contributed by atoms with van der Waals surface area (Å²) in [7, 11) is 0. The molecular formula is C31H28O4. The molecule has 4 aromatic carbocycles. The highest BCUT2D eigenvalue weighted by atomic mass is 16.5. The Balaban J connectivity index is 1.44. The van der Waals surface area contributed by atoms with Gasteiger partial charge in [-0.3, -0.25) is 0 Å². The molecule has 0 fully saturated rings. The number of aryl methyl sites for hydroxylation is 1. The minimum Gasteiger partial charge on any atom is -0.485 e. The summed E-state index contributed by atoms with van der Waals surface area (Å²) in [4.78, 5) is 12.2. The van der Waals surface area contributed by atoms with Crippen LogP contribution in [0.3, 0.4) is 0 Å². The smallest absolute Gasteiger partial charge is 0.330 e. The van der Waals surface area contributed by atoms with E-state index in [4.69, 9.17) is 14.2 Å². The normalized spacial score (nSPS) is 10.8. The topological polar surface area (TPSA) is 44.8 Å². The van der Waals surface area contributed by atoms with Gasteiger partial charge in [-0.2, -0.15) is 0 Å². The zero-order valence-electron chi connectivity index (χ0n) is 19.7. The van der Waals surface area contributed by atoms with Gasteiger partial charge in [0.2, 0.25) is 0 Å². The third-order valence-corrected chi connectivity index (χ3v) is 5.41. The summed E-state index contributed by atoms with van der Waals surface area (Å²) >= 11 is 0. The molecule has 0 aliphatic heterocycles. The number of benzene rings is 4. The lowest BCUT2D eigenvalue weighted by Gasteiger charge is -2.15. The van der Waals surface area contributed by atoms with Crippen molar-refractivity contribution in [3.05, 3.63) is 131 Å². The minimum atomic E-state index is -0.383. The van der Waals surface area contributed by atoms with Crippen LogP contribution in [0.5, 0.6) is 17.2 Å². The first kappa shape index (κ1) is 23.8. The van der Waals surface area contributed by atoms with Crippen molar-refractivity contribution in [3.8, 4) is 17.2 Å². The molecule has 4 heteroatoms. The molecule has 0 heterocycles. The maximum Gasteiger partial charge on any atom is 0.330 e. The van der Waals surface area contributed by atoms with Gasteiger partial charge in [0.1, 0.15) is 12.4 Å². The van der Waals surface area contributed by atoms with Crippen molar-refractivity contribution >= 4 is 12.0 Å². The number of para-hydroxylation sites is 1. The van der Waals surface area contributed by atoms with Crippen molar-refractivity contribution in [1.82, 2.24) is 0 Å². The van der Waals surface area contributed by atoms with Crippen molar-refractivity contribution in [2.75, 3.05) is 6.61 Å². The number of rotatable bonds is 10. The summed E-state index contributed by atoms with van der Waals surface area (Å²) in [5.74, 6) is 1.57. The Labute approximate surface area is 206 Å². The van der Waals surface area contributed by atoms with Crippen LogP contribution in [0.2, 0.25) is 0 Å². The Morgan fingerprint density at radius 1 is 0.743 bits per heavy atom. The third kappa shape index (κ3) is 7.34. The average Bonchev–Trinajstić information content (AvgIpc) is 2.89. The van der Waals surface area contributed by atoms with Crippen LogP contribution in [0.1, 0.15) is 22.3 Å². The molecule has 4 aromatic rings. The predicted molar refractivity (Wildman–Crippen MR) is 139 cm³/mol. The van der Waals surface area contributed by atoms with Crippen LogP contribution in [0, 0.1) is 6.92 Å². The predicted octanol–water partition coefficient (Wildman–Crippen LogP) is 7.17. The fourth-order valence-electron chi connectivity index (χ4n) is 3.48. The molecule has 0 aliphatic rings. The molecule has 0 aromatic heterocycles. The largest absolute Gasteiger partial charge is 0.485 e. The van der Waals surface area contributed by atoms with E-state index in [1.54, 1.807) is 6.08 Å². The van der Waals surface area contributed by atoms with E-state index < -0.39 is 0 Å². The molecule has 0 bridgehead atoms. The number of esters is 1. The molecule has 0 radical (unpaired) electrons. The van der Waals surface area contributed by atoms with Crippen LogP contribution in [0.25, 0.3) is 6.08 Å². The van der Waals surface area contributed by atoms with Gasteiger partial charge in [0.05, 0.1) is 6.61 Å². The Morgan fingerprint density at radius 2 is 1.43 bits per heavy atom. The molecule has 0 atom stereocenters. The van der Waals surface area contributed by atoms with Crippen molar-refractivity contribution in [2.24, 2.45) is 0 Å². The van der Waals surface area contributed by atoms with Crippen LogP contribution >= 0.6 is 0 Å². The van der Waals surface area contributed by atoms with E-state index in [2.05, 4.69) is 0 Å². The van der Waals surface area contributed by atoms with E-state index in [0.717, 1.165) is 28.0 Å². The van der Waals surface area contributed by atoms with Crippen molar-refractivity contribution in [1.29, 1.82) is 0 Å². The quantitative estimate of drug-likeness (QED) is 0.184. The summed E-state index contributed by atoms with van der Waals surface area (Å²) in [5.41, 5.74) is 4.02. The second-order valence-corrected chi connectivity index (χ2v) is 8.08. The molecule has 4 rings (SSSR count). The second kappa shape index (κ2) is 12.2. The summed E-state index contributed by atoms with van der Waals surface area (Å²) in [5, 5.41) is 0. The Bertz CT molecular complexity index is 1260. The van der Waals surface area contributed by atoms with Gasteiger partial charge < -0.3 is 14.2 Å². The highest BCUT2D eigenvalue weighted by molar-refractivity contribution is 5.87. The van der Waals surface area contributed by atoms with Crippen molar-refractivity contribution < 1.29 is 19.0 Å². The van der Waals surface area contributed by atoms with E-state index in [1.165, 1.54) is 6.08 Å². The zero-order valence-corrected chi connectivity index (χ0v) is 19.7. The monoisotopic (exact) mass is 464 g/mol. The number of carbonyl (C=O) groups excluding carboxylic acids is 1. The summed E-state index contributed by atoms with van der Waals surface area (Å²) in [6.45, 7) is 2.75. The molecule has 0 spiro atoms. The van der Waals surface area contributed by atoms with Crippen LogP contribution in [0.4, 0.5) is 0 Å². The van der Waals surface area contributed by atoms with Gasteiger partial charge in [0.15, 0.2) is 11.5 Å². The van der Waals surface area contributed by atoms with Gasteiger partial charge in [0, 0.05) is 12.5 Å². The highest BCUT2D eigenvalue weighted by Crippen LogP contribution is 2.34. The summed E-state index contributed by atoms with van der Waals surface area (Å²) in [6, 6.07) is 33.3. The minimum absolute atomic E-state index is 0.334.